The third-order valence-corrected chi connectivity index (χ3v) is 1.74. The van der Waals surface area contributed by atoms with Gasteiger partial charge in [0.05, 0.1) is 0 Å². The molecule has 64 valence electrons. The monoisotopic (exact) mass is 179 g/mol. The Balaban J connectivity index is 4.08. The van der Waals surface area contributed by atoms with Gasteiger partial charge in [0.2, 0.25) is 5.91 Å². The maximum atomic E-state index is 10.7. The number of hydrogen-bond donors (Lipinski definition) is 2. The molecule has 5 nitrogen and oxygen atoms in total. The third kappa shape index (κ3) is 4.72. The highest BCUT2D eigenvalue weighted by molar-refractivity contribution is 7.51. The van der Waals surface area contributed by atoms with Crippen LogP contribution in [0.3, 0.4) is 0 Å². The number of carbonyl (C=O) groups is 1. The van der Waals surface area contributed by atoms with E-state index in [0.29, 0.717) is 0 Å². The highest BCUT2D eigenvalue weighted by Crippen LogP contribution is 2.34. The van der Waals surface area contributed by atoms with E-state index in [4.69, 9.17) is 9.79 Å². The lowest BCUT2D eigenvalue weighted by Gasteiger charge is -2.14. The Morgan fingerprint density at radius 1 is 1.73 bits per heavy atom. The van der Waals surface area contributed by atoms with Gasteiger partial charge < -0.3 is 14.7 Å². The van der Waals surface area contributed by atoms with Crippen LogP contribution in [0, 0.1) is 0 Å². The second-order valence-electron chi connectivity index (χ2n) is 2.05. The molecule has 0 aliphatic rings. The lowest BCUT2D eigenvalue weighted by molar-refractivity contribution is -0.124. The minimum Gasteiger partial charge on any atom is -0.330 e. The fourth-order valence-corrected chi connectivity index (χ4v) is 1.19. The van der Waals surface area contributed by atoms with E-state index in [0.717, 1.165) is 11.0 Å². The normalized spacial score (nSPS) is 10.8. The number of hydrogen-bond acceptors (Lipinski definition) is 2. The van der Waals surface area contributed by atoms with Gasteiger partial charge in [0.1, 0.15) is 6.29 Å². The van der Waals surface area contributed by atoms with Crippen LogP contribution in [-0.4, -0.2) is 33.9 Å². The van der Waals surface area contributed by atoms with Gasteiger partial charge in [0.25, 0.3) is 0 Å². The van der Waals surface area contributed by atoms with Gasteiger partial charge in [-0.2, -0.15) is 0 Å². The lowest BCUT2D eigenvalue weighted by Crippen LogP contribution is -2.25. The maximum absolute atomic E-state index is 10.7. The van der Waals surface area contributed by atoms with Crippen molar-refractivity contribution in [3.05, 3.63) is 12.7 Å². The highest BCUT2D eigenvalue weighted by Gasteiger charge is 2.18. The number of rotatable bonds is 3. The summed E-state index contributed by atoms with van der Waals surface area (Å²) in [7, 11) is -2.84. The predicted molar refractivity (Wildman–Crippen MR) is 39.9 cm³/mol. The Morgan fingerprint density at radius 2 is 2.18 bits per heavy atom. The van der Waals surface area contributed by atoms with E-state index in [1.165, 1.54) is 7.05 Å². The molecule has 0 fully saturated rings. The Morgan fingerprint density at radius 3 is 2.45 bits per heavy atom. The lowest BCUT2D eigenvalue weighted by atomic mass is 10.5. The summed E-state index contributed by atoms with van der Waals surface area (Å²) in [6.07, 6.45) is 0.424. The van der Waals surface area contributed by atoms with Crippen LogP contribution in [0.2, 0.25) is 0 Å². The Labute approximate surface area is 64.5 Å². The average molecular weight is 179 g/mol. The molecule has 0 rings (SSSR count). The number of carbonyl (C=O) groups excluding carboxylic acids is 1. The van der Waals surface area contributed by atoms with Gasteiger partial charge in [-0.25, -0.2) is 0 Å². The van der Waals surface area contributed by atoms with E-state index in [-0.39, 0.29) is 0 Å². The van der Waals surface area contributed by atoms with Crippen LogP contribution in [0.15, 0.2) is 12.7 Å². The fourth-order valence-electron chi connectivity index (χ4n) is 0.502. The first-order chi connectivity index (χ1) is 4.87. The van der Waals surface area contributed by atoms with E-state index < -0.39 is 19.8 Å². The summed E-state index contributed by atoms with van der Waals surface area (Å²) in [6.45, 7) is 3.17. The second-order valence-corrected chi connectivity index (χ2v) is 3.66. The quantitative estimate of drug-likeness (QED) is 0.463. The Kier molecular flexibility index (Phi) is 3.45. The van der Waals surface area contributed by atoms with Crippen molar-refractivity contribution in [3.8, 4) is 0 Å². The molecule has 0 aromatic heterocycles. The molecule has 0 atom stereocenters. The molecule has 0 bridgehead atoms. The van der Waals surface area contributed by atoms with Crippen molar-refractivity contribution in [2.75, 3.05) is 13.3 Å². The van der Waals surface area contributed by atoms with Gasteiger partial charge in [0.15, 0.2) is 0 Å². The molecule has 0 saturated heterocycles. The number of nitrogens with zero attached hydrogens (tertiary/aromatic N) is 1. The zero-order chi connectivity index (χ0) is 9.07. The van der Waals surface area contributed by atoms with Crippen molar-refractivity contribution in [2.45, 2.75) is 0 Å². The molecule has 0 aromatic carbocycles. The van der Waals surface area contributed by atoms with Gasteiger partial charge >= 0.3 is 7.60 Å². The van der Waals surface area contributed by atoms with Crippen molar-refractivity contribution in [3.63, 3.8) is 0 Å². The molecule has 0 aliphatic heterocycles. The van der Waals surface area contributed by atoms with Crippen molar-refractivity contribution >= 4 is 13.5 Å². The molecule has 0 aromatic rings. The SMILES string of the molecule is C=CC(=O)N(C)CP(=O)(O)O. The summed E-state index contributed by atoms with van der Waals surface area (Å²) in [4.78, 5) is 28.4. The molecule has 0 spiro atoms. The van der Waals surface area contributed by atoms with E-state index >= 15 is 0 Å². The van der Waals surface area contributed by atoms with Crippen LogP contribution in [0.25, 0.3) is 0 Å². The minimum atomic E-state index is -4.13. The first-order valence-corrected chi connectivity index (χ1v) is 4.58. The van der Waals surface area contributed by atoms with E-state index in [1.54, 1.807) is 0 Å². The summed E-state index contributed by atoms with van der Waals surface area (Å²) in [6, 6.07) is 0. The van der Waals surface area contributed by atoms with Gasteiger partial charge in [-0.05, 0) is 6.08 Å². The molecular formula is C5H10NO4P. The minimum absolute atomic E-state index is 0.506. The third-order valence-electron chi connectivity index (χ3n) is 0.947. The van der Waals surface area contributed by atoms with E-state index in [9.17, 15) is 9.36 Å². The van der Waals surface area contributed by atoms with Crippen molar-refractivity contribution in [2.24, 2.45) is 0 Å². The van der Waals surface area contributed by atoms with E-state index in [1.807, 2.05) is 0 Å². The molecule has 2 N–H and O–H groups in total. The predicted octanol–water partition coefficient (Wildman–Crippen LogP) is -0.234. The molecule has 11 heavy (non-hydrogen) atoms. The van der Waals surface area contributed by atoms with Gasteiger partial charge in [0, 0.05) is 7.05 Å². The fraction of sp³-hybridized carbons (Fsp3) is 0.400. The summed E-state index contributed by atoms with van der Waals surface area (Å²) >= 11 is 0. The van der Waals surface area contributed by atoms with Crippen molar-refractivity contribution in [1.82, 2.24) is 4.90 Å². The summed E-state index contributed by atoms with van der Waals surface area (Å²) in [5.41, 5.74) is 0. The topological polar surface area (TPSA) is 77.8 Å². The summed E-state index contributed by atoms with van der Waals surface area (Å²) < 4.78 is 10.3. The molecule has 1 amide bonds. The smallest absolute Gasteiger partial charge is 0.330 e. The van der Waals surface area contributed by atoms with Crippen molar-refractivity contribution < 1.29 is 19.1 Å². The van der Waals surface area contributed by atoms with Crippen LogP contribution >= 0.6 is 7.60 Å². The molecule has 0 aliphatic carbocycles. The van der Waals surface area contributed by atoms with Gasteiger partial charge in [-0.1, -0.05) is 6.58 Å². The van der Waals surface area contributed by atoms with Crippen LogP contribution in [-0.2, 0) is 9.36 Å². The Bertz CT molecular complexity index is 209. The van der Waals surface area contributed by atoms with Crippen LogP contribution < -0.4 is 0 Å². The van der Waals surface area contributed by atoms with Gasteiger partial charge in [-0.15, -0.1) is 0 Å². The molecule has 0 radical (unpaired) electrons. The molecular weight excluding hydrogens is 169 g/mol. The van der Waals surface area contributed by atoms with Gasteiger partial charge in [-0.3, -0.25) is 9.36 Å². The molecule has 0 unspecified atom stereocenters. The first-order valence-electron chi connectivity index (χ1n) is 2.79. The summed E-state index contributed by atoms with van der Waals surface area (Å²) in [5, 5.41) is 0. The number of amides is 1. The van der Waals surface area contributed by atoms with Crippen LogP contribution in [0.5, 0.6) is 0 Å². The zero-order valence-electron chi connectivity index (χ0n) is 6.10. The zero-order valence-corrected chi connectivity index (χ0v) is 6.99. The Hall–Kier alpha value is -0.640. The largest absolute Gasteiger partial charge is 0.344 e. The summed E-state index contributed by atoms with van der Waals surface area (Å²) in [5.74, 6) is -0.506. The highest BCUT2D eigenvalue weighted by atomic mass is 31.2. The molecule has 0 heterocycles. The van der Waals surface area contributed by atoms with E-state index in [2.05, 4.69) is 6.58 Å². The van der Waals surface area contributed by atoms with Crippen molar-refractivity contribution in [1.29, 1.82) is 0 Å². The average Bonchev–Trinajstić information content (AvgIpc) is 1.82. The van der Waals surface area contributed by atoms with Crippen LogP contribution in [0.4, 0.5) is 0 Å². The van der Waals surface area contributed by atoms with Crippen LogP contribution in [0.1, 0.15) is 0 Å². The number of likely N-dealkylation sites (N-methyl/N-ethyl adjacent to an activating group) is 1. The molecule has 6 heteroatoms. The maximum Gasteiger partial charge on any atom is 0.344 e. The molecule has 0 saturated carbocycles. The first kappa shape index (κ1) is 10.4. The second kappa shape index (κ2) is 3.67. The standard InChI is InChI=1S/C5H10NO4P/c1-3-5(7)6(2)4-11(8,9)10/h3H,1,4H2,2H3,(H2,8,9,10).